The van der Waals surface area contributed by atoms with E-state index < -0.39 is 0 Å². The SMILES string of the molecule is CC(=O)N1CCN(c2nc3c(s2)C[C@H](C(=O)Nc2cccc(C)c2)CC3)CC1. The summed E-state index contributed by atoms with van der Waals surface area (Å²) in [5.74, 6) is 0.234. The van der Waals surface area contributed by atoms with Gasteiger partial charge in [-0.05, 0) is 43.9 Å². The average molecular weight is 399 g/mol. The maximum absolute atomic E-state index is 12.7. The Balaban J connectivity index is 1.39. The van der Waals surface area contributed by atoms with Crippen LogP contribution in [0.5, 0.6) is 0 Å². The highest BCUT2D eigenvalue weighted by Crippen LogP contribution is 2.35. The Labute approximate surface area is 169 Å². The van der Waals surface area contributed by atoms with Gasteiger partial charge in [-0.1, -0.05) is 12.1 Å². The van der Waals surface area contributed by atoms with Crippen LogP contribution in [-0.2, 0) is 22.4 Å². The predicted molar refractivity (Wildman–Crippen MR) is 112 cm³/mol. The molecule has 6 nitrogen and oxygen atoms in total. The molecule has 148 valence electrons. The summed E-state index contributed by atoms with van der Waals surface area (Å²) in [6.07, 6.45) is 2.45. The van der Waals surface area contributed by atoms with Gasteiger partial charge in [0.15, 0.2) is 5.13 Å². The fourth-order valence-electron chi connectivity index (χ4n) is 3.90. The molecule has 2 aliphatic rings. The molecule has 1 aromatic carbocycles. The highest BCUT2D eigenvalue weighted by molar-refractivity contribution is 7.15. The van der Waals surface area contributed by atoms with Gasteiger partial charge in [-0.2, -0.15) is 0 Å². The van der Waals surface area contributed by atoms with E-state index in [1.165, 1.54) is 4.88 Å². The van der Waals surface area contributed by atoms with E-state index in [-0.39, 0.29) is 17.7 Å². The molecular formula is C21H26N4O2S. The molecule has 2 aromatic rings. The number of nitrogens with one attached hydrogen (secondary N) is 1. The lowest BCUT2D eigenvalue weighted by molar-refractivity contribution is -0.129. The molecule has 4 rings (SSSR count). The van der Waals surface area contributed by atoms with Gasteiger partial charge in [0.2, 0.25) is 11.8 Å². The molecule has 1 N–H and O–H groups in total. The van der Waals surface area contributed by atoms with Crippen molar-refractivity contribution in [2.45, 2.75) is 33.1 Å². The van der Waals surface area contributed by atoms with Crippen LogP contribution in [0.1, 0.15) is 29.5 Å². The van der Waals surface area contributed by atoms with Crippen molar-refractivity contribution in [3.05, 3.63) is 40.4 Å². The van der Waals surface area contributed by atoms with Crippen LogP contribution in [0.15, 0.2) is 24.3 Å². The van der Waals surface area contributed by atoms with Crippen molar-refractivity contribution < 1.29 is 9.59 Å². The maximum atomic E-state index is 12.7. The molecule has 0 radical (unpaired) electrons. The van der Waals surface area contributed by atoms with Gasteiger partial charge in [0, 0.05) is 49.6 Å². The molecule has 0 saturated carbocycles. The number of carbonyl (C=O) groups is 2. The monoisotopic (exact) mass is 398 g/mol. The van der Waals surface area contributed by atoms with Crippen molar-refractivity contribution >= 4 is 34.0 Å². The van der Waals surface area contributed by atoms with Crippen molar-refractivity contribution in [1.82, 2.24) is 9.88 Å². The minimum Gasteiger partial charge on any atom is -0.345 e. The van der Waals surface area contributed by atoms with E-state index in [0.29, 0.717) is 0 Å². The van der Waals surface area contributed by atoms with Gasteiger partial charge in [0.05, 0.1) is 5.69 Å². The highest BCUT2D eigenvalue weighted by Gasteiger charge is 2.29. The van der Waals surface area contributed by atoms with Gasteiger partial charge >= 0.3 is 0 Å². The Bertz CT molecular complexity index is 886. The number of aromatic nitrogens is 1. The Hall–Kier alpha value is -2.41. The first-order valence-corrected chi connectivity index (χ1v) is 10.7. The van der Waals surface area contributed by atoms with E-state index in [1.54, 1.807) is 18.3 Å². The molecule has 1 aromatic heterocycles. The standard InChI is InChI=1S/C21H26N4O2S/c1-14-4-3-5-17(12-14)22-20(27)16-6-7-18-19(13-16)28-21(23-18)25-10-8-24(9-11-25)15(2)26/h3-5,12,16H,6-11,13H2,1-2H3,(H,22,27)/t16-/m1/s1. The van der Waals surface area contributed by atoms with E-state index in [0.717, 1.165) is 67.5 Å². The first-order valence-electron chi connectivity index (χ1n) is 9.86. The molecule has 1 fully saturated rings. The lowest BCUT2D eigenvalue weighted by Crippen LogP contribution is -2.48. The molecule has 0 bridgehead atoms. The van der Waals surface area contributed by atoms with Gasteiger partial charge < -0.3 is 15.1 Å². The molecule has 1 aliphatic heterocycles. The molecule has 2 heterocycles. The van der Waals surface area contributed by atoms with Crippen LogP contribution in [-0.4, -0.2) is 47.9 Å². The number of thiazole rings is 1. The van der Waals surface area contributed by atoms with Gasteiger partial charge in [-0.25, -0.2) is 4.98 Å². The Morgan fingerprint density at radius 1 is 1.21 bits per heavy atom. The van der Waals surface area contributed by atoms with Crippen molar-refractivity contribution in [2.24, 2.45) is 5.92 Å². The lowest BCUT2D eigenvalue weighted by Gasteiger charge is -2.33. The van der Waals surface area contributed by atoms with E-state index in [4.69, 9.17) is 4.98 Å². The van der Waals surface area contributed by atoms with E-state index in [2.05, 4.69) is 10.2 Å². The first-order chi connectivity index (χ1) is 13.5. The normalized spacial score (nSPS) is 19.3. The number of fused-ring (bicyclic) bond motifs is 1. The third kappa shape index (κ3) is 4.04. The zero-order valence-electron chi connectivity index (χ0n) is 16.4. The van der Waals surface area contributed by atoms with Crippen LogP contribution in [0.4, 0.5) is 10.8 Å². The Kier molecular flexibility index (Phi) is 5.35. The Morgan fingerprint density at radius 3 is 2.71 bits per heavy atom. The van der Waals surface area contributed by atoms with Crippen molar-refractivity contribution in [2.75, 3.05) is 36.4 Å². The summed E-state index contributed by atoms with van der Waals surface area (Å²) in [5, 5.41) is 4.10. The number of benzene rings is 1. The fraction of sp³-hybridized carbons (Fsp3) is 0.476. The Morgan fingerprint density at radius 2 is 2.00 bits per heavy atom. The van der Waals surface area contributed by atoms with Crippen LogP contribution < -0.4 is 10.2 Å². The number of anilines is 2. The molecule has 28 heavy (non-hydrogen) atoms. The number of aryl methyl sites for hydroxylation is 2. The average Bonchev–Trinajstić information content (AvgIpc) is 3.11. The second-order valence-corrected chi connectivity index (χ2v) is 8.72. The number of piperazine rings is 1. The van der Waals surface area contributed by atoms with Crippen molar-refractivity contribution in [3.8, 4) is 0 Å². The highest BCUT2D eigenvalue weighted by atomic mass is 32.1. The summed E-state index contributed by atoms with van der Waals surface area (Å²) in [6, 6.07) is 7.92. The van der Waals surface area contributed by atoms with E-state index in [9.17, 15) is 9.59 Å². The number of nitrogens with zero attached hydrogens (tertiary/aromatic N) is 3. The summed E-state index contributed by atoms with van der Waals surface area (Å²) >= 11 is 1.71. The molecule has 1 saturated heterocycles. The largest absolute Gasteiger partial charge is 0.345 e. The van der Waals surface area contributed by atoms with Crippen molar-refractivity contribution in [3.63, 3.8) is 0 Å². The zero-order valence-corrected chi connectivity index (χ0v) is 17.2. The third-order valence-electron chi connectivity index (χ3n) is 5.58. The van der Waals surface area contributed by atoms with E-state index >= 15 is 0 Å². The smallest absolute Gasteiger partial charge is 0.227 e. The minimum atomic E-state index is -0.00382. The molecular weight excluding hydrogens is 372 g/mol. The zero-order chi connectivity index (χ0) is 19.7. The summed E-state index contributed by atoms with van der Waals surface area (Å²) < 4.78 is 0. The van der Waals surface area contributed by atoms with Crippen LogP contribution in [0.2, 0.25) is 0 Å². The van der Waals surface area contributed by atoms with E-state index in [1.807, 2.05) is 36.1 Å². The number of carbonyl (C=O) groups excluding carboxylic acids is 2. The van der Waals surface area contributed by atoms with Crippen LogP contribution >= 0.6 is 11.3 Å². The summed E-state index contributed by atoms with van der Waals surface area (Å²) in [7, 11) is 0. The predicted octanol–water partition coefficient (Wildman–Crippen LogP) is 2.86. The number of hydrogen-bond donors (Lipinski definition) is 1. The second kappa shape index (κ2) is 7.91. The number of rotatable bonds is 3. The molecule has 0 spiro atoms. The maximum Gasteiger partial charge on any atom is 0.227 e. The molecule has 2 amide bonds. The first kappa shape index (κ1) is 18.9. The summed E-state index contributed by atoms with van der Waals surface area (Å²) in [5.41, 5.74) is 3.15. The molecule has 1 atom stereocenters. The topological polar surface area (TPSA) is 65.5 Å². The third-order valence-corrected chi connectivity index (χ3v) is 6.76. The van der Waals surface area contributed by atoms with Gasteiger partial charge in [0.25, 0.3) is 0 Å². The fourth-order valence-corrected chi connectivity index (χ4v) is 5.14. The minimum absolute atomic E-state index is 0.00382. The number of hydrogen-bond acceptors (Lipinski definition) is 5. The summed E-state index contributed by atoms with van der Waals surface area (Å²) in [6.45, 7) is 6.80. The van der Waals surface area contributed by atoms with Gasteiger partial charge in [0.1, 0.15) is 0 Å². The van der Waals surface area contributed by atoms with Gasteiger partial charge in [-0.3, -0.25) is 9.59 Å². The lowest BCUT2D eigenvalue weighted by atomic mass is 9.90. The number of amides is 2. The quantitative estimate of drug-likeness (QED) is 0.863. The summed E-state index contributed by atoms with van der Waals surface area (Å²) in [4.78, 5) is 34.5. The van der Waals surface area contributed by atoms with Gasteiger partial charge in [-0.15, -0.1) is 11.3 Å². The van der Waals surface area contributed by atoms with Crippen LogP contribution in [0, 0.1) is 12.8 Å². The molecule has 7 heteroatoms. The molecule has 0 unspecified atom stereocenters. The molecule has 1 aliphatic carbocycles. The van der Waals surface area contributed by atoms with Crippen LogP contribution in [0.3, 0.4) is 0 Å². The van der Waals surface area contributed by atoms with Crippen molar-refractivity contribution in [1.29, 1.82) is 0 Å². The van der Waals surface area contributed by atoms with Crippen LogP contribution in [0.25, 0.3) is 0 Å². The second-order valence-electron chi connectivity index (χ2n) is 7.66.